The first-order valence-corrected chi connectivity index (χ1v) is 5.04. The summed E-state index contributed by atoms with van der Waals surface area (Å²) >= 11 is 0. The molecular weight excluding hydrogens is 178 g/mol. The van der Waals surface area contributed by atoms with Crippen molar-refractivity contribution in [2.75, 3.05) is 34.7 Å². The molecule has 0 aliphatic heterocycles. The summed E-state index contributed by atoms with van der Waals surface area (Å²) in [5.74, 6) is 0. The molecule has 0 aromatic rings. The summed E-state index contributed by atoms with van der Waals surface area (Å²) in [6.07, 6.45) is 1.40. The molecule has 0 bridgehead atoms. The molecule has 0 fully saturated rings. The minimum Gasteiger partial charge on any atom is -0.376 e. The lowest BCUT2D eigenvalue weighted by atomic mass is 10.2. The molecule has 0 aliphatic carbocycles. The third-order valence-corrected chi connectivity index (χ3v) is 2.15. The molecule has 0 spiro atoms. The lowest BCUT2D eigenvalue weighted by molar-refractivity contribution is 0.0362. The van der Waals surface area contributed by atoms with E-state index in [-0.39, 0.29) is 0 Å². The largest absolute Gasteiger partial charge is 0.376 e. The third kappa shape index (κ3) is 6.32. The Labute approximate surface area is 87.9 Å². The van der Waals surface area contributed by atoms with E-state index in [0.717, 1.165) is 13.0 Å². The van der Waals surface area contributed by atoms with Crippen LogP contribution in [-0.2, 0) is 0 Å². The Bertz CT molecular complexity index is 144. The van der Waals surface area contributed by atoms with Crippen molar-refractivity contribution >= 4 is 0 Å². The van der Waals surface area contributed by atoms with Gasteiger partial charge in [-0.15, -0.1) is 0 Å². The Kier molecular flexibility index (Phi) is 5.59. The minimum atomic E-state index is -0.775. The van der Waals surface area contributed by atoms with Crippen molar-refractivity contribution in [3.8, 4) is 0 Å². The molecule has 0 aromatic carbocycles. The first kappa shape index (κ1) is 13.8. The van der Waals surface area contributed by atoms with Gasteiger partial charge in [-0.3, -0.25) is 15.1 Å². The number of nitrogens with one attached hydrogen (secondary N) is 1. The average molecular weight is 203 g/mol. The molecule has 4 nitrogen and oxygen atoms in total. The van der Waals surface area contributed by atoms with Crippen LogP contribution in [0.25, 0.3) is 0 Å². The van der Waals surface area contributed by atoms with E-state index in [1.807, 2.05) is 0 Å². The molecule has 0 aliphatic rings. The van der Waals surface area contributed by atoms with Crippen LogP contribution in [0.5, 0.6) is 0 Å². The van der Waals surface area contributed by atoms with Crippen molar-refractivity contribution < 1.29 is 5.11 Å². The van der Waals surface area contributed by atoms with E-state index in [1.165, 1.54) is 0 Å². The molecule has 14 heavy (non-hydrogen) atoms. The highest BCUT2D eigenvalue weighted by molar-refractivity contribution is 4.68. The molecule has 0 unspecified atom stereocenters. The number of hydrogen-bond donors (Lipinski definition) is 2. The number of aliphatic hydroxyl groups is 1. The molecule has 2 N–H and O–H groups in total. The molecule has 0 aromatic heterocycles. The van der Waals surface area contributed by atoms with Crippen molar-refractivity contribution in [3.05, 3.63) is 0 Å². The molecule has 86 valence electrons. The van der Waals surface area contributed by atoms with Gasteiger partial charge in [0, 0.05) is 6.54 Å². The van der Waals surface area contributed by atoms with Gasteiger partial charge in [0.05, 0.1) is 6.17 Å². The van der Waals surface area contributed by atoms with E-state index in [4.69, 9.17) is 0 Å². The van der Waals surface area contributed by atoms with Gasteiger partial charge in [-0.1, -0.05) is 0 Å². The van der Waals surface area contributed by atoms with Gasteiger partial charge < -0.3 is 5.11 Å². The number of rotatable bonds is 6. The van der Waals surface area contributed by atoms with Crippen LogP contribution >= 0.6 is 0 Å². The van der Waals surface area contributed by atoms with Crippen LogP contribution < -0.4 is 5.32 Å². The van der Waals surface area contributed by atoms with Crippen LogP contribution in [0.1, 0.15) is 20.3 Å². The standard InChI is InChI=1S/C10H25N3O/c1-10(2,14)11-8-7-9(12(3)4)13(5)6/h9,11,14H,7-8H2,1-6H3. The number of nitrogens with zero attached hydrogens (tertiary/aromatic N) is 2. The predicted molar refractivity (Wildman–Crippen MR) is 60.1 cm³/mol. The monoisotopic (exact) mass is 203 g/mol. The van der Waals surface area contributed by atoms with Crippen LogP contribution in [-0.4, -0.2) is 61.5 Å². The maximum Gasteiger partial charge on any atom is 0.110 e. The van der Waals surface area contributed by atoms with E-state index in [1.54, 1.807) is 13.8 Å². The fourth-order valence-corrected chi connectivity index (χ4v) is 1.49. The summed E-state index contributed by atoms with van der Waals surface area (Å²) < 4.78 is 0. The van der Waals surface area contributed by atoms with Gasteiger partial charge in [0.25, 0.3) is 0 Å². The first-order valence-electron chi connectivity index (χ1n) is 5.04. The molecule has 0 heterocycles. The van der Waals surface area contributed by atoms with Crippen molar-refractivity contribution in [1.29, 1.82) is 0 Å². The predicted octanol–water partition coefficient (Wildman–Crippen LogP) is 0.144. The van der Waals surface area contributed by atoms with Gasteiger partial charge in [-0.2, -0.15) is 0 Å². The fraction of sp³-hybridized carbons (Fsp3) is 1.00. The van der Waals surface area contributed by atoms with E-state index >= 15 is 0 Å². The van der Waals surface area contributed by atoms with Crippen LogP contribution in [0.2, 0.25) is 0 Å². The normalized spacial score (nSPS) is 13.3. The zero-order chi connectivity index (χ0) is 11.4. The van der Waals surface area contributed by atoms with Crippen LogP contribution in [0.15, 0.2) is 0 Å². The topological polar surface area (TPSA) is 38.7 Å². The fourth-order valence-electron chi connectivity index (χ4n) is 1.49. The van der Waals surface area contributed by atoms with Gasteiger partial charge in [0.15, 0.2) is 0 Å². The van der Waals surface area contributed by atoms with Crippen molar-refractivity contribution in [3.63, 3.8) is 0 Å². The van der Waals surface area contributed by atoms with Crippen molar-refractivity contribution in [2.24, 2.45) is 0 Å². The van der Waals surface area contributed by atoms with Crippen molar-refractivity contribution in [1.82, 2.24) is 15.1 Å². The lowest BCUT2D eigenvalue weighted by Gasteiger charge is -2.31. The minimum absolute atomic E-state index is 0.407. The molecule has 0 radical (unpaired) electrons. The zero-order valence-electron chi connectivity index (χ0n) is 10.3. The summed E-state index contributed by atoms with van der Waals surface area (Å²) in [6, 6.07) is 0. The second-order valence-corrected chi connectivity index (χ2v) is 4.68. The first-order chi connectivity index (χ1) is 6.24. The van der Waals surface area contributed by atoms with Crippen LogP contribution in [0, 0.1) is 0 Å². The van der Waals surface area contributed by atoms with Gasteiger partial charge >= 0.3 is 0 Å². The lowest BCUT2D eigenvalue weighted by Crippen LogP contribution is -2.45. The molecule has 4 heteroatoms. The molecule has 0 rings (SSSR count). The maximum atomic E-state index is 9.47. The van der Waals surface area contributed by atoms with Crippen LogP contribution in [0.3, 0.4) is 0 Å². The maximum absolute atomic E-state index is 9.47. The quantitative estimate of drug-likeness (QED) is 0.603. The van der Waals surface area contributed by atoms with Gasteiger partial charge in [-0.05, 0) is 48.5 Å². The van der Waals surface area contributed by atoms with E-state index < -0.39 is 5.72 Å². The Morgan fingerprint density at radius 3 is 1.86 bits per heavy atom. The third-order valence-electron chi connectivity index (χ3n) is 2.15. The molecule has 0 amide bonds. The molecular formula is C10H25N3O. The van der Waals surface area contributed by atoms with Gasteiger partial charge in [0.1, 0.15) is 5.72 Å². The Balaban J connectivity index is 3.84. The van der Waals surface area contributed by atoms with Gasteiger partial charge in [-0.25, -0.2) is 0 Å². The SMILES string of the molecule is CN(C)C(CCNC(C)(C)O)N(C)C. The van der Waals surface area contributed by atoms with Crippen molar-refractivity contribution in [2.45, 2.75) is 32.2 Å². The van der Waals surface area contributed by atoms with E-state index in [2.05, 4.69) is 43.3 Å². The highest BCUT2D eigenvalue weighted by atomic mass is 16.3. The highest BCUT2D eigenvalue weighted by Gasteiger charge is 2.15. The summed E-state index contributed by atoms with van der Waals surface area (Å²) in [6.45, 7) is 4.32. The summed E-state index contributed by atoms with van der Waals surface area (Å²) in [7, 11) is 8.26. The Morgan fingerprint density at radius 1 is 1.14 bits per heavy atom. The summed E-state index contributed by atoms with van der Waals surface area (Å²) in [5, 5.41) is 12.5. The second kappa shape index (κ2) is 5.66. The summed E-state index contributed by atoms with van der Waals surface area (Å²) in [5.41, 5.74) is -0.775. The molecule has 0 saturated heterocycles. The zero-order valence-corrected chi connectivity index (χ0v) is 10.3. The highest BCUT2D eigenvalue weighted by Crippen LogP contribution is 2.03. The second-order valence-electron chi connectivity index (χ2n) is 4.68. The van der Waals surface area contributed by atoms with E-state index in [9.17, 15) is 5.11 Å². The van der Waals surface area contributed by atoms with Crippen LogP contribution in [0.4, 0.5) is 0 Å². The van der Waals surface area contributed by atoms with E-state index in [0.29, 0.717) is 6.17 Å². The molecule has 0 atom stereocenters. The number of hydrogen-bond acceptors (Lipinski definition) is 4. The van der Waals surface area contributed by atoms with Gasteiger partial charge in [0.2, 0.25) is 0 Å². The molecule has 0 saturated carbocycles. The summed E-state index contributed by atoms with van der Waals surface area (Å²) in [4.78, 5) is 4.35. The average Bonchev–Trinajstić information content (AvgIpc) is 1.94. The Morgan fingerprint density at radius 2 is 1.57 bits per heavy atom. The smallest absolute Gasteiger partial charge is 0.110 e. The Hall–Kier alpha value is -0.160.